The average Bonchev–Trinajstić information content (AvgIpc) is 3.31. The minimum Gasteiger partial charge on any atom is -0.338 e. The molecule has 6 heteroatoms. The van der Waals surface area contributed by atoms with Crippen molar-refractivity contribution >= 4 is 23.2 Å². The average molecular weight is 355 g/mol. The molecular weight excluding hydrogens is 334 g/mol. The SMILES string of the molecule is O=C(c1cccs1)N1CCC2(CCCN(Cc3cccnc3)C2=O)C1. The van der Waals surface area contributed by atoms with Crippen molar-refractivity contribution in [2.24, 2.45) is 5.41 Å². The summed E-state index contributed by atoms with van der Waals surface area (Å²) < 4.78 is 0. The summed E-state index contributed by atoms with van der Waals surface area (Å²) in [6.07, 6.45) is 6.20. The van der Waals surface area contributed by atoms with Gasteiger partial charge in [0.05, 0.1) is 10.3 Å². The van der Waals surface area contributed by atoms with E-state index in [1.165, 1.54) is 11.3 Å². The van der Waals surface area contributed by atoms with E-state index in [2.05, 4.69) is 4.98 Å². The van der Waals surface area contributed by atoms with Crippen molar-refractivity contribution in [3.8, 4) is 0 Å². The Morgan fingerprint density at radius 3 is 2.92 bits per heavy atom. The monoisotopic (exact) mass is 355 g/mol. The number of likely N-dealkylation sites (tertiary alicyclic amines) is 2. The van der Waals surface area contributed by atoms with Gasteiger partial charge in [-0.3, -0.25) is 14.6 Å². The molecule has 2 amide bonds. The molecule has 5 nitrogen and oxygen atoms in total. The molecule has 2 fully saturated rings. The van der Waals surface area contributed by atoms with Crippen LogP contribution in [0.4, 0.5) is 0 Å². The lowest BCUT2D eigenvalue weighted by atomic mass is 9.78. The number of thiophene rings is 1. The second-order valence-corrected chi connectivity index (χ2v) is 7.87. The zero-order valence-corrected chi connectivity index (χ0v) is 14.9. The number of nitrogens with zero attached hydrogens (tertiary/aromatic N) is 3. The third-order valence-corrected chi connectivity index (χ3v) is 6.15. The third kappa shape index (κ3) is 3.06. The lowest BCUT2D eigenvalue weighted by Gasteiger charge is -2.39. The van der Waals surface area contributed by atoms with Crippen molar-refractivity contribution in [3.63, 3.8) is 0 Å². The molecule has 1 spiro atoms. The number of hydrogen-bond donors (Lipinski definition) is 0. The van der Waals surface area contributed by atoms with Gasteiger partial charge >= 0.3 is 0 Å². The van der Waals surface area contributed by atoms with E-state index >= 15 is 0 Å². The summed E-state index contributed by atoms with van der Waals surface area (Å²) >= 11 is 1.46. The lowest BCUT2D eigenvalue weighted by molar-refractivity contribution is -0.146. The van der Waals surface area contributed by atoms with Crippen LogP contribution < -0.4 is 0 Å². The molecular formula is C19H21N3O2S. The van der Waals surface area contributed by atoms with Gasteiger partial charge in [0.2, 0.25) is 5.91 Å². The molecule has 0 aliphatic carbocycles. The predicted octanol–water partition coefficient (Wildman–Crippen LogP) is 2.80. The molecule has 25 heavy (non-hydrogen) atoms. The molecule has 4 rings (SSSR count). The highest BCUT2D eigenvalue weighted by atomic mass is 32.1. The first-order valence-corrected chi connectivity index (χ1v) is 9.57. The zero-order chi connectivity index (χ0) is 17.3. The quantitative estimate of drug-likeness (QED) is 0.851. The molecule has 2 aromatic rings. The van der Waals surface area contributed by atoms with Gasteiger partial charge in [-0.1, -0.05) is 12.1 Å². The number of pyridine rings is 1. The van der Waals surface area contributed by atoms with Gasteiger partial charge in [0, 0.05) is 38.6 Å². The minimum atomic E-state index is -0.395. The molecule has 0 radical (unpaired) electrons. The standard InChI is InChI=1S/C19H21N3O2S/c23-17(16-5-2-11-25-16)22-10-7-19(14-22)6-3-9-21(18(19)24)13-15-4-1-8-20-12-15/h1-2,4-5,8,11-12H,3,6-7,9-10,13-14H2. The van der Waals surface area contributed by atoms with E-state index in [0.29, 0.717) is 19.6 Å². The molecule has 2 saturated heterocycles. The Morgan fingerprint density at radius 2 is 2.16 bits per heavy atom. The van der Waals surface area contributed by atoms with Crippen molar-refractivity contribution < 1.29 is 9.59 Å². The highest BCUT2D eigenvalue weighted by molar-refractivity contribution is 7.12. The van der Waals surface area contributed by atoms with Crippen molar-refractivity contribution in [1.82, 2.24) is 14.8 Å². The van der Waals surface area contributed by atoms with Crippen molar-refractivity contribution in [2.45, 2.75) is 25.8 Å². The molecule has 1 unspecified atom stereocenters. The van der Waals surface area contributed by atoms with Crippen LogP contribution in [0.5, 0.6) is 0 Å². The van der Waals surface area contributed by atoms with Gasteiger partial charge in [-0.15, -0.1) is 11.3 Å². The van der Waals surface area contributed by atoms with Crippen molar-refractivity contribution in [2.75, 3.05) is 19.6 Å². The van der Waals surface area contributed by atoms with Crippen LogP contribution in [-0.2, 0) is 11.3 Å². The van der Waals surface area contributed by atoms with E-state index in [9.17, 15) is 9.59 Å². The van der Waals surface area contributed by atoms with E-state index in [-0.39, 0.29) is 11.8 Å². The molecule has 0 bridgehead atoms. The summed E-state index contributed by atoms with van der Waals surface area (Å²) in [5, 5.41) is 1.92. The smallest absolute Gasteiger partial charge is 0.263 e. The van der Waals surface area contributed by atoms with Gasteiger partial charge in [0.25, 0.3) is 5.91 Å². The Kier molecular flexibility index (Phi) is 4.29. The number of carbonyl (C=O) groups is 2. The normalized spacial score (nSPS) is 23.4. The molecule has 2 aliphatic rings. The molecule has 0 saturated carbocycles. The van der Waals surface area contributed by atoms with Gasteiger partial charge in [-0.2, -0.15) is 0 Å². The maximum atomic E-state index is 13.2. The van der Waals surface area contributed by atoms with Gasteiger partial charge in [0.1, 0.15) is 0 Å². The highest BCUT2D eigenvalue weighted by Crippen LogP contribution is 2.41. The number of piperidine rings is 1. The molecule has 130 valence electrons. The van der Waals surface area contributed by atoms with Crippen LogP contribution >= 0.6 is 11.3 Å². The fourth-order valence-electron chi connectivity index (χ4n) is 4.00. The van der Waals surface area contributed by atoms with Gasteiger partial charge < -0.3 is 9.80 Å². The Hall–Kier alpha value is -2.21. The van der Waals surface area contributed by atoms with Crippen LogP contribution in [0.25, 0.3) is 0 Å². The van der Waals surface area contributed by atoms with E-state index in [1.807, 2.05) is 45.6 Å². The van der Waals surface area contributed by atoms with Crippen LogP contribution in [0.3, 0.4) is 0 Å². The highest BCUT2D eigenvalue weighted by Gasteiger charge is 2.49. The zero-order valence-electron chi connectivity index (χ0n) is 14.1. The van der Waals surface area contributed by atoms with Gasteiger partial charge in [0.15, 0.2) is 0 Å². The van der Waals surface area contributed by atoms with E-state index in [1.54, 1.807) is 6.20 Å². The summed E-state index contributed by atoms with van der Waals surface area (Å²) in [6, 6.07) is 7.65. The summed E-state index contributed by atoms with van der Waals surface area (Å²) in [7, 11) is 0. The van der Waals surface area contributed by atoms with E-state index in [0.717, 1.165) is 36.2 Å². The number of hydrogen-bond acceptors (Lipinski definition) is 4. The Bertz CT molecular complexity index is 762. The third-order valence-electron chi connectivity index (χ3n) is 5.29. The van der Waals surface area contributed by atoms with Crippen LogP contribution in [0.1, 0.15) is 34.5 Å². The molecule has 2 aliphatic heterocycles. The summed E-state index contributed by atoms with van der Waals surface area (Å²) in [5.41, 5.74) is 0.658. The van der Waals surface area contributed by atoms with Gasteiger partial charge in [-0.25, -0.2) is 0 Å². The molecule has 1 atom stereocenters. The fourth-order valence-corrected chi connectivity index (χ4v) is 4.69. The molecule has 4 heterocycles. The summed E-state index contributed by atoms with van der Waals surface area (Å²) in [4.78, 5) is 34.5. The molecule has 0 N–H and O–H groups in total. The number of aromatic nitrogens is 1. The number of rotatable bonds is 3. The summed E-state index contributed by atoms with van der Waals surface area (Å²) in [6.45, 7) is 2.61. The molecule has 2 aromatic heterocycles. The number of carbonyl (C=O) groups excluding carboxylic acids is 2. The van der Waals surface area contributed by atoms with Crippen LogP contribution in [0, 0.1) is 5.41 Å². The summed E-state index contributed by atoms with van der Waals surface area (Å²) in [5.74, 6) is 0.258. The van der Waals surface area contributed by atoms with E-state index in [4.69, 9.17) is 0 Å². The maximum absolute atomic E-state index is 13.2. The first-order chi connectivity index (χ1) is 12.2. The fraction of sp³-hybridized carbons (Fsp3) is 0.421. The largest absolute Gasteiger partial charge is 0.338 e. The van der Waals surface area contributed by atoms with Crippen LogP contribution in [0.15, 0.2) is 42.0 Å². The topological polar surface area (TPSA) is 53.5 Å². The Balaban J connectivity index is 1.48. The van der Waals surface area contributed by atoms with Crippen LogP contribution in [0.2, 0.25) is 0 Å². The Morgan fingerprint density at radius 1 is 1.24 bits per heavy atom. The number of amides is 2. The first kappa shape index (κ1) is 16.3. The van der Waals surface area contributed by atoms with E-state index < -0.39 is 5.41 Å². The molecule has 0 aromatic carbocycles. The predicted molar refractivity (Wildman–Crippen MR) is 96.2 cm³/mol. The second kappa shape index (κ2) is 6.59. The van der Waals surface area contributed by atoms with Crippen molar-refractivity contribution in [1.29, 1.82) is 0 Å². The van der Waals surface area contributed by atoms with Crippen LogP contribution in [-0.4, -0.2) is 46.2 Å². The Labute approximate surface area is 151 Å². The van der Waals surface area contributed by atoms with Crippen molar-refractivity contribution in [3.05, 3.63) is 52.5 Å². The lowest BCUT2D eigenvalue weighted by Crippen LogP contribution is -2.50. The maximum Gasteiger partial charge on any atom is 0.263 e. The second-order valence-electron chi connectivity index (χ2n) is 6.93. The first-order valence-electron chi connectivity index (χ1n) is 8.69. The minimum absolute atomic E-state index is 0.0593. The van der Waals surface area contributed by atoms with Gasteiger partial charge in [-0.05, 0) is 42.3 Å².